The van der Waals surface area contributed by atoms with Crippen molar-refractivity contribution in [2.75, 3.05) is 5.73 Å². The average molecular weight is 609 g/mol. The molecule has 0 aromatic heterocycles. The van der Waals surface area contributed by atoms with Gasteiger partial charge in [-0.1, -0.05) is 22.4 Å². The molecule has 0 bridgehead atoms. The van der Waals surface area contributed by atoms with Crippen LogP contribution in [0.4, 0.5) is 13.2 Å². The van der Waals surface area contributed by atoms with E-state index in [1.165, 1.54) is 8.93 Å². The lowest BCUT2D eigenvalue weighted by atomic mass is 10.1. The third kappa shape index (κ3) is 3.56. The predicted octanol–water partition coefficient (Wildman–Crippen LogP) is 3.80. The highest BCUT2D eigenvalue weighted by molar-refractivity contribution is 14.2. The summed E-state index contributed by atoms with van der Waals surface area (Å²) in [6.07, 6.45) is 0. The minimum absolute atomic E-state index is 0.0376. The average Bonchev–Trinajstić information content (AvgIpc) is 3.19. The molecule has 3 aliphatic heterocycles. The Kier molecular flexibility index (Phi) is 5.52. The first-order valence-corrected chi connectivity index (χ1v) is 15.1. The van der Waals surface area contributed by atoms with E-state index in [2.05, 4.69) is 30.7 Å². The maximum atomic E-state index is 14.4. The molecule has 0 radical (unpaired) electrons. The quantitative estimate of drug-likeness (QED) is 0.209. The Hall–Kier alpha value is -2.39. The van der Waals surface area contributed by atoms with Crippen LogP contribution in [0.1, 0.15) is 49.7 Å². The normalized spacial score (nSPS) is 18.4. The van der Waals surface area contributed by atoms with E-state index in [0.29, 0.717) is 0 Å². The van der Waals surface area contributed by atoms with Crippen molar-refractivity contribution in [3.05, 3.63) is 46.5 Å². The first-order valence-electron chi connectivity index (χ1n) is 9.71. The van der Waals surface area contributed by atoms with Gasteiger partial charge < -0.3 is 14.2 Å². The molecule has 0 saturated heterocycles. The highest BCUT2D eigenvalue weighted by atomic mass is 127. The summed E-state index contributed by atoms with van der Waals surface area (Å²) in [4.78, 5) is 47.3. The van der Waals surface area contributed by atoms with Crippen molar-refractivity contribution in [3.63, 3.8) is 0 Å². The second kappa shape index (κ2) is 8.13. The van der Waals surface area contributed by atoms with E-state index in [1.54, 1.807) is 0 Å². The van der Waals surface area contributed by atoms with Crippen molar-refractivity contribution in [1.29, 1.82) is 0 Å². The largest absolute Gasteiger partial charge is 0.458 e. The van der Waals surface area contributed by atoms with E-state index in [9.17, 15) is 32.3 Å². The number of esters is 4. The Morgan fingerprint density at radius 2 is 1.18 bits per heavy atom. The molecule has 33 heavy (non-hydrogen) atoms. The van der Waals surface area contributed by atoms with Crippen molar-refractivity contribution in [2.45, 2.75) is 19.3 Å². The summed E-state index contributed by atoms with van der Waals surface area (Å²) < 4.78 is 64.4. The molecule has 5 rings (SSSR count). The Balaban J connectivity index is 0.000000499. The standard InChI is InChI=1S/C18H7F3O7Si.C2H5IS/c1-29(18(19,20)21)12-4-8-6(14(22)27-16(8)24)2-10(12)26-11-3-7-9(5-13(11)29)17(25)28-15(7)23;1-2-4-3/h2-5H,1H3;2H2,1H3/i;2D. The van der Waals surface area contributed by atoms with Gasteiger partial charge in [0.05, 0.1) is 22.3 Å². The van der Waals surface area contributed by atoms with E-state index < -0.39 is 37.8 Å². The van der Waals surface area contributed by atoms with Crippen LogP contribution in [0.2, 0.25) is 6.55 Å². The molecule has 7 nitrogen and oxygen atoms in total. The molecule has 3 aliphatic rings. The van der Waals surface area contributed by atoms with Gasteiger partial charge in [0.1, 0.15) is 11.5 Å². The fourth-order valence-electron chi connectivity index (χ4n) is 3.74. The molecular formula is C20H12F3IO7SSi. The molecule has 0 spiro atoms. The van der Waals surface area contributed by atoms with Crippen LogP contribution in [0.25, 0.3) is 0 Å². The van der Waals surface area contributed by atoms with Crippen LogP contribution in [0.15, 0.2) is 24.3 Å². The van der Waals surface area contributed by atoms with Crippen molar-refractivity contribution in [2.24, 2.45) is 0 Å². The molecule has 0 N–H and O–H groups in total. The van der Waals surface area contributed by atoms with Gasteiger partial charge >= 0.3 is 29.7 Å². The SMILES string of the molecule is C[Si]1(C(F)(F)F)c2cc3c(cc2Oc2cc4c(cc21)C(=O)OC4=O)C(=O)OC3=O.[2H]C(C)SI. The zero-order valence-electron chi connectivity index (χ0n) is 17.7. The van der Waals surface area contributed by atoms with Gasteiger partial charge in [-0.25, -0.2) is 19.2 Å². The monoisotopic (exact) mass is 609 g/mol. The van der Waals surface area contributed by atoms with Gasteiger partial charge in [-0.2, -0.15) is 13.2 Å². The van der Waals surface area contributed by atoms with Gasteiger partial charge in [-0.15, -0.1) is 0 Å². The fraction of sp³-hybridized carbons (Fsp3) is 0.200. The highest BCUT2D eigenvalue weighted by Crippen LogP contribution is 2.41. The van der Waals surface area contributed by atoms with Gasteiger partial charge in [-0.05, 0) is 55.8 Å². The van der Waals surface area contributed by atoms with Crippen molar-refractivity contribution in [3.8, 4) is 11.5 Å². The minimum Gasteiger partial charge on any atom is -0.458 e. The van der Waals surface area contributed by atoms with E-state index >= 15 is 0 Å². The van der Waals surface area contributed by atoms with Crippen LogP contribution >= 0.6 is 30.1 Å². The fourth-order valence-corrected chi connectivity index (χ4v) is 6.74. The maximum absolute atomic E-state index is 14.4. The summed E-state index contributed by atoms with van der Waals surface area (Å²) in [6, 6.07) is 4.01. The smallest absolute Gasteiger partial charge is 0.370 e. The van der Waals surface area contributed by atoms with E-state index in [1.807, 2.05) is 6.92 Å². The van der Waals surface area contributed by atoms with Crippen molar-refractivity contribution >= 4 is 72.5 Å². The minimum atomic E-state index is -4.75. The lowest BCUT2D eigenvalue weighted by Gasteiger charge is -2.37. The number of carbonyl (C=O) groups excluding carboxylic acids is 4. The number of rotatable bonds is 1. The summed E-state index contributed by atoms with van der Waals surface area (Å²) >= 11 is 2.11. The van der Waals surface area contributed by atoms with Crippen LogP contribution in [-0.2, 0) is 9.47 Å². The number of benzene rings is 2. The van der Waals surface area contributed by atoms with Crippen LogP contribution in [0, 0.1) is 0 Å². The van der Waals surface area contributed by atoms with E-state index in [0.717, 1.165) is 30.8 Å². The topological polar surface area (TPSA) is 96.0 Å². The number of cyclic esters (lactones) is 4. The molecule has 172 valence electrons. The number of hydrogen-bond donors (Lipinski definition) is 0. The second-order valence-corrected chi connectivity index (χ2v) is 13.3. The Labute approximate surface area is 202 Å². The molecular weight excluding hydrogens is 596 g/mol. The zero-order valence-corrected chi connectivity index (χ0v) is 20.6. The molecule has 0 amide bonds. The summed E-state index contributed by atoms with van der Waals surface area (Å²) in [5.41, 5.74) is -0.924. The van der Waals surface area contributed by atoms with E-state index in [4.69, 9.17) is 6.11 Å². The van der Waals surface area contributed by atoms with Crippen LogP contribution in [0.3, 0.4) is 0 Å². The Morgan fingerprint density at radius 1 is 0.848 bits per heavy atom. The molecule has 0 fully saturated rings. The Bertz CT molecular complexity index is 1210. The number of halogens is 4. The van der Waals surface area contributed by atoms with E-state index in [-0.39, 0.29) is 49.9 Å². The van der Waals surface area contributed by atoms with Crippen LogP contribution < -0.4 is 15.1 Å². The molecule has 0 saturated carbocycles. The molecule has 2 aromatic rings. The van der Waals surface area contributed by atoms with Gasteiger partial charge in [0.2, 0.25) is 8.07 Å². The van der Waals surface area contributed by atoms with Crippen molar-refractivity contribution in [1.82, 2.24) is 0 Å². The molecule has 3 heterocycles. The number of ether oxygens (including phenoxy) is 3. The number of fused-ring (bicyclic) bond motifs is 4. The first-order chi connectivity index (χ1) is 15.8. The first kappa shape index (κ1) is 22.4. The molecule has 2 aromatic carbocycles. The van der Waals surface area contributed by atoms with Gasteiger partial charge in [-0.3, -0.25) is 0 Å². The second-order valence-electron chi connectivity index (χ2n) is 7.19. The molecule has 1 atom stereocenters. The number of hydrogen-bond acceptors (Lipinski definition) is 8. The maximum Gasteiger partial charge on any atom is 0.370 e. The molecule has 1 unspecified atom stereocenters. The van der Waals surface area contributed by atoms with Crippen LogP contribution in [-0.4, -0.2) is 43.5 Å². The lowest BCUT2D eigenvalue weighted by Crippen LogP contribution is -2.68. The third-order valence-corrected chi connectivity index (χ3v) is 11.2. The highest BCUT2D eigenvalue weighted by Gasteiger charge is 2.61. The zero-order chi connectivity index (χ0) is 25.2. The molecule has 13 heteroatoms. The summed E-state index contributed by atoms with van der Waals surface area (Å²) in [5, 5.41) is -0.582. The number of carbonyl (C=O) groups is 4. The summed E-state index contributed by atoms with van der Waals surface area (Å²) in [7, 11) is -3.12. The van der Waals surface area contributed by atoms with Gasteiger partial charge in [0, 0.05) is 7.10 Å². The summed E-state index contributed by atoms with van der Waals surface area (Å²) in [5.74, 6) is -9.32. The van der Waals surface area contributed by atoms with Gasteiger partial charge in [0.15, 0.2) is 0 Å². The lowest BCUT2D eigenvalue weighted by molar-refractivity contribution is -0.0530. The predicted molar refractivity (Wildman–Crippen MR) is 122 cm³/mol. The third-order valence-electron chi connectivity index (χ3n) is 5.44. The van der Waals surface area contributed by atoms with Crippen LogP contribution in [0.5, 0.6) is 11.5 Å². The molecule has 0 aliphatic carbocycles. The van der Waals surface area contributed by atoms with Gasteiger partial charge in [0.25, 0.3) is 0 Å². The Morgan fingerprint density at radius 3 is 1.48 bits per heavy atom. The number of alkyl halides is 3. The summed E-state index contributed by atoms with van der Waals surface area (Å²) in [6.45, 7) is 2.84. The van der Waals surface area contributed by atoms with Crippen molar-refractivity contribution < 1.29 is 47.9 Å².